The molecule has 31 heavy (non-hydrogen) atoms. The largest absolute Gasteiger partial charge is 0.522 e. The number of nitrogens with one attached hydrogen (secondary N) is 1. The highest BCUT2D eigenvalue weighted by Crippen LogP contribution is 2.34. The molecular weight excluding hydrogens is 425 g/mol. The van der Waals surface area contributed by atoms with Crippen LogP contribution in [0, 0.1) is 17.6 Å². The van der Waals surface area contributed by atoms with Gasteiger partial charge in [0.25, 0.3) is 0 Å². The van der Waals surface area contributed by atoms with Gasteiger partial charge in [-0.15, -0.1) is 13.2 Å². The molecule has 1 aliphatic rings. The Bertz CT molecular complexity index is 938. The maximum absolute atomic E-state index is 13.3. The number of halogens is 5. The summed E-state index contributed by atoms with van der Waals surface area (Å²) >= 11 is 0. The van der Waals surface area contributed by atoms with E-state index in [0.29, 0.717) is 29.9 Å². The third kappa shape index (κ3) is 6.78. The van der Waals surface area contributed by atoms with Crippen molar-refractivity contribution in [1.29, 1.82) is 0 Å². The van der Waals surface area contributed by atoms with Crippen LogP contribution in [0.3, 0.4) is 0 Å². The Morgan fingerprint density at radius 2 is 2.00 bits per heavy atom. The number of carbonyl (C=O) groups excluding carboxylic acids is 1. The van der Waals surface area contributed by atoms with Crippen molar-refractivity contribution in [2.24, 2.45) is 5.92 Å². The summed E-state index contributed by atoms with van der Waals surface area (Å²) in [5, 5.41) is 2.46. The van der Waals surface area contributed by atoms with E-state index in [2.05, 4.69) is 21.6 Å². The number of aromatic nitrogens is 2. The minimum absolute atomic E-state index is 0.00403. The second kappa shape index (κ2) is 9.46. The molecular formula is C20H20F5N3O3. The third-order valence-electron chi connectivity index (χ3n) is 4.74. The highest BCUT2D eigenvalue weighted by Gasteiger charge is 2.40. The molecule has 3 rings (SSSR count). The normalized spacial score (nSPS) is 18.4. The molecule has 168 valence electrons. The van der Waals surface area contributed by atoms with E-state index in [0.717, 1.165) is 12.1 Å². The van der Waals surface area contributed by atoms with E-state index < -0.39 is 30.2 Å². The number of carbonyl (C=O) groups is 1. The summed E-state index contributed by atoms with van der Waals surface area (Å²) in [6, 6.07) is 3.49. The number of hydrogen-bond acceptors (Lipinski definition) is 4. The summed E-state index contributed by atoms with van der Waals surface area (Å²) in [5.41, 5.74) is 1.27. The number of ether oxygens (including phenoxy) is 2. The maximum atomic E-state index is 13.3. The fourth-order valence-electron chi connectivity index (χ4n) is 3.08. The lowest BCUT2D eigenvalue weighted by Gasteiger charge is -2.34. The molecule has 0 radical (unpaired) electrons. The molecule has 1 heterocycles. The van der Waals surface area contributed by atoms with Gasteiger partial charge in [0.15, 0.2) is 11.6 Å². The smallest absolute Gasteiger partial charge is 0.449 e. The molecule has 1 saturated carbocycles. The van der Waals surface area contributed by atoms with E-state index in [1.807, 2.05) is 0 Å². The summed E-state index contributed by atoms with van der Waals surface area (Å²) in [6.45, 7) is 4.14. The van der Waals surface area contributed by atoms with Gasteiger partial charge in [-0.2, -0.15) is 0 Å². The van der Waals surface area contributed by atoms with Crippen LogP contribution in [0.2, 0.25) is 0 Å². The second-order valence-corrected chi connectivity index (χ2v) is 7.23. The van der Waals surface area contributed by atoms with Crippen molar-refractivity contribution in [2.75, 3.05) is 6.61 Å². The van der Waals surface area contributed by atoms with Crippen LogP contribution in [-0.4, -0.2) is 34.7 Å². The van der Waals surface area contributed by atoms with Gasteiger partial charge in [0, 0.05) is 30.4 Å². The Morgan fingerprint density at radius 3 is 2.68 bits per heavy atom. The molecule has 0 saturated heterocycles. The molecule has 1 aromatic heterocycles. The summed E-state index contributed by atoms with van der Waals surface area (Å²) in [5.74, 6) is -2.08. The molecule has 2 aromatic rings. The Kier molecular flexibility index (Phi) is 6.94. The Labute approximate surface area is 174 Å². The number of imidazole rings is 1. The predicted molar refractivity (Wildman–Crippen MR) is 99.5 cm³/mol. The number of alkyl carbamates (subject to hydrolysis) is 1. The molecule has 0 aliphatic heterocycles. The minimum Gasteiger partial charge on any atom is -0.449 e. The topological polar surface area (TPSA) is 65.4 Å². The predicted octanol–water partition coefficient (Wildman–Crippen LogP) is 4.77. The zero-order valence-electron chi connectivity index (χ0n) is 16.3. The van der Waals surface area contributed by atoms with Crippen LogP contribution in [0.5, 0.6) is 0 Å². The number of hydrogen-bond donors (Lipinski definition) is 1. The van der Waals surface area contributed by atoms with E-state index >= 15 is 0 Å². The fraction of sp³-hybridized carbons (Fsp3) is 0.400. The van der Waals surface area contributed by atoms with Crippen LogP contribution >= 0.6 is 0 Å². The lowest BCUT2D eigenvalue weighted by molar-refractivity contribution is -0.354. The van der Waals surface area contributed by atoms with Crippen molar-refractivity contribution in [3.8, 4) is 11.3 Å². The molecule has 6 nitrogen and oxygen atoms in total. The van der Waals surface area contributed by atoms with Crippen molar-refractivity contribution < 1.29 is 36.2 Å². The molecule has 1 aromatic carbocycles. The zero-order valence-corrected chi connectivity index (χ0v) is 16.3. The van der Waals surface area contributed by atoms with Crippen molar-refractivity contribution in [1.82, 2.24) is 14.9 Å². The number of allylic oxidation sites excluding steroid dienone is 1. The first-order valence-corrected chi connectivity index (χ1v) is 9.42. The molecule has 0 unspecified atom stereocenters. The molecule has 1 amide bonds. The number of rotatable bonds is 8. The summed E-state index contributed by atoms with van der Waals surface area (Å²) in [4.78, 5) is 15.9. The summed E-state index contributed by atoms with van der Waals surface area (Å²) in [6.07, 6.45) is -2.42. The molecule has 0 atom stereocenters. The summed E-state index contributed by atoms with van der Waals surface area (Å²) < 4.78 is 73.1. The first kappa shape index (κ1) is 22.7. The van der Waals surface area contributed by atoms with Gasteiger partial charge in [0.05, 0.1) is 24.7 Å². The third-order valence-corrected chi connectivity index (χ3v) is 4.74. The van der Waals surface area contributed by atoms with Gasteiger partial charge in [-0.25, -0.2) is 18.6 Å². The van der Waals surface area contributed by atoms with Crippen LogP contribution < -0.4 is 5.32 Å². The number of alkyl halides is 3. The Morgan fingerprint density at radius 1 is 1.26 bits per heavy atom. The van der Waals surface area contributed by atoms with Gasteiger partial charge in [-0.1, -0.05) is 6.58 Å². The van der Waals surface area contributed by atoms with Crippen LogP contribution in [-0.2, 0) is 16.0 Å². The van der Waals surface area contributed by atoms with Gasteiger partial charge >= 0.3 is 12.5 Å². The average Bonchev–Trinajstić information content (AvgIpc) is 3.12. The second-order valence-electron chi connectivity index (χ2n) is 7.23. The molecule has 1 aliphatic carbocycles. The molecule has 1 fully saturated rings. The van der Waals surface area contributed by atoms with Crippen LogP contribution in [0.4, 0.5) is 26.7 Å². The van der Waals surface area contributed by atoms with E-state index in [-0.39, 0.29) is 25.4 Å². The standard InChI is InChI=1S/C20H20F5N3O3/c1-12(27-19(29)30-10-13-6-15(7-13)31-20(23,24)25)4-5-28-9-18(26-11-28)14-2-3-16(21)17(22)8-14/h2-3,8-9,11,13,15H,1,4-7,10H2,(H,27,29). The number of nitrogens with zero attached hydrogens (tertiary/aromatic N) is 2. The SMILES string of the molecule is C=C(CCn1cnc(-c2ccc(F)c(F)c2)c1)NC(=O)OCC1CC(OC(F)(F)F)C1. The molecule has 0 spiro atoms. The first-order chi connectivity index (χ1) is 14.6. The van der Waals surface area contributed by atoms with Crippen molar-refractivity contribution >= 4 is 6.09 Å². The van der Waals surface area contributed by atoms with Gasteiger partial charge in [0.2, 0.25) is 0 Å². The highest BCUT2D eigenvalue weighted by molar-refractivity contribution is 5.69. The summed E-state index contributed by atoms with van der Waals surface area (Å²) in [7, 11) is 0. The van der Waals surface area contributed by atoms with E-state index in [1.165, 1.54) is 12.4 Å². The lowest BCUT2D eigenvalue weighted by atomic mass is 9.83. The highest BCUT2D eigenvalue weighted by atomic mass is 19.4. The fourth-order valence-corrected chi connectivity index (χ4v) is 3.08. The molecule has 11 heteroatoms. The quantitative estimate of drug-likeness (QED) is 0.595. The minimum atomic E-state index is -4.66. The lowest BCUT2D eigenvalue weighted by Crippen LogP contribution is -2.39. The molecule has 0 bridgehead atoms. The van der Waals surface area contributed by atoms with Gasteiger partial charge in [0.1, 0.15) is 0 Å². The Balaban J connectivity index is 1.35. The van der Waals surface area contributed by atoms with Gasteiger partial charge in [-0.05, 0) is 37.0 Å². The number of amides is 1. The van der Waals surface area contributed by atoms with Crippen LogP contribution in [0.25, 0.3) is 11.3 Å². The van der Waals surface area contributed by atoms with E-state index in [1.54, 1.807) is 10.8 Å². The average molecular weight is 445 g/mol. The number of benzene rings is 1. The Hall–Kier alpha value is -2.95. The van der Waals surface area contributed by atoms with Crippen LogP contribution in [0.1, 0.15) is 19.3 Å². The first-order valence-electron chi connectivity index (χ1n) is 9.42. The zero-order chi connectivity index (χ0) is 22.6. The van der Waals surface area contributed by atoms with Crippen molar-refractivity contribution in [2.45, 2.75) is 38.3 Å². The number of aryl methyl sites for hydroxylation is 1. The monoisotopic (exact) mass is 445 g/mol. The van der Waals surface area contributed by atoms with Gasteiger partial charge < -0.3 is 9.30 Å². The van der Waals surface area contributed by atoms with E-state index in [4.69, 9.17) is 4.74 Å². The van der Waals surface area contributed by atoms with Gasteiger partial charge in [-0.3, -0.25) is 10.1 Å². The van der Waals surface area contributed by atoms with Crippen LogP contribution in [0.15, 0.2) is 43.0 Å². The maximum Gasteiger partial charge on any atom is 0.522 e. The van der Waals surface area contributed by atoms with E-state index in [9.17, 15) is 26.7 Å². The van der Waals surface area contributed by atoms with Crippen molar-refractivity contribution in [3.05, 3.63) is 54.6 Å². The molecule has 1 N–H and O–H groups in total. The van der Waals surface area contributed by atoms with Crippen molar-refractivity contribution in [3.63, 3.8) is 0 Å².